The lowest BCUT2D eigenvalue weighted by Gasteiger charge is -2.17. The van der Waals surface area contributed by atoms with Crippen molar-refractivity contribution >= 4 is 90.7 Å². The van der Waals surface area contributed by atoms with Crippen LogP contribution in [0.2, 0.25) is 0 Å². The van der Waals surface area contributed by atoms with Gasteiger partial charge in [-0.25, -0.2) is 0 Å². The second-order valence-corrected chi connectivity index (χ2v) is 17.3. The van der Waals surface area contributed by atoms with E-state index in [9.17, 15) is 29.4 Å². The molecule has 0 aliphatic heterocycles. The summed E-state index contributed by atoms with van der Waals surface area (Å²) in [5, 5.41) is 55.0. The highest BCUT2D eigenvalue weighted by molar-refractivity contribution is 6.14. The molecule has 4 amide bonds. The third-order valence-corrected chi connectivity index (χ3v) is 12.3. The number of anilines is 4. The van der Waals surface area contributed by atoms with Crippen molar-refractivity contribution in [1.82, 2.24) is 0 Å². The van der Waals surface area contributed by atoms with E-state index in [4.69, 9.17) is 9.47 Å². The molecule has 6 N–H and O–H groups in total. The van der Waals surface area contributed by atoms with Gasteiger partial charge in [-0.2, -0.15) is 10.2 Å². The minimum atomic E-state index is -0.642. The number of phenols is 2. The minimum Gasteiger partial charge on any atom is -0.505 e. The van der Waals surface area contributed by atoms with Crippen molar-refractivity contribution in [2.75, 3.05) is 34.5 Å². The van der Waals surface area contributed by atoms with Crippen molar-refractivity contribution in [3.05, 3.63) is 203 Å². The molecule has 0 unspecified atom stereocenters. The second-order valence-electron chi connectivity index (χ2n) is 17.3. The summed E-state index contributed by atoms with van der Waals surface area (Å²) in [6.45, 7) is 7.85. The SMILES string of the molecule is CCOc1cc(N=Nc2c(O)c(C(=O)Nc3ccc(NC(=O)c4cc5ccccc5c(N=Nc5cc(OCC)cc(C(=O)Nc6ccccc6)c5)c4O)c(C)c3C)cc3ccccc23)cc(C(=O)Nc2ccccc2)c1. The number of hydrogen-bond acceptors (Lipinski definition) is 12. The number of para-hydroxylation sites is 2. The molecular weight excluding hydrogens is 961 g/mol. The van der Waals surface area contributed by atoms with Gasteiger partial charge in [0, 0.05) is 56.8 Å². The van der Waals surface area contributed by atoms with E-state index in [1.165, 1.54) is 0 Å². The maximum atomic E-state index is 14.1. The van der Waals surface area contributed by atoms with Crippen LogP contribution in [0, 0.1) is 13.8 Å². The van der Waals surface area contributed by atoms with E-state index < -0.39 is 23.3 Å². The summed E-state index contributed by atoms with van der Waals surface area (Å²) in [6.07, 6.45) is 0. The predicted molar refractivity (Wildman–Crippen MR) is 295 cm³/mol. The van der Waals surface area contributed by atoms with Crippen LogP contribution in [0.5, 0.6) is 23.0 Å². The Balaban J connectivity index is 0.959. The Morgan fingerprint density at radius 1 is 0.434 bits per heavy atom. The van der Waals surface area contributed by atoms with Crippen LogP contribution in [0.15, 0.2) is 190 Å². The molecule has 0 radical (unpaired) electrons. The van der Waals surface area contributed by atoms with Gasteiger partial charge in [-0.3, -0.25) is 19.2 Å². The van der Waals surface area contributed by atoms with Gasteiger partial charge in [0.1, 0.15) is 22.9 Å². The summed E-state index contributed by atoms with van der Waals surface area (Å²) in [7, 11) is 0. The number of nitrogens with zero attached hydrogens (tertiary/aromatic N) is 4. The van der Waals surface area contributed by atoms with E-state index in [1.807, 2.05) is 50.2 Å². The molecule has 9 aromatic carbocycles. The zero-order valence-corrected chi connectivity index (χ0v) is 41.7. The molecule has 0 aliphatic carbocycles. The molecule has 16 heteroatoms. The molecule has 76 heavy (non-hydrogen) atoms. The Bertz CT molecular complexity index is 3530. The Morgan fingerprint density at radius 2 is 0.816 bits per heavy atom. The van der Waals surface area contributed by atoms with Crippen molar-refractivity contribution < 1.29 is 38.9 Å². The summed E-state index contributed by atoms with van der Waals surface area (Å²) in [6, 6.07) is 48.1. The fourth-order valence-corrected chi connectivity index (χ4v) is 8.36. The molecule has 0 fully saturated rings. The largest absolute Gasteiger partial charge is 0.505 e. The van der Waals surface area contributed by atoms with Gasteiger partial charge in [0.15, 0.2) is 11.5 Å². The number of hydrogen-bond donors (Lipinski definition) is 6. The van der Waals surface area contributed by atoms with Gasteiger partial charge >= 0.3 is 0 Å². The molecule has 0 aromatic heterocycles. The van der Waals surface area contributed by atoms with Gasteiger partial charge in [-0.05, 0) is 122 Å². The molecular formula is C60H50N8O8. The van der Waals surface area contributed by atoms with Gasteiger partial charge in [0.05, 0.1) is 35.7 Å². The minimum absolute atomic E-state index is 0.0290. The van der Waals surface area contributed by atoms with Crippen LogP contribution in [0.3, 0.4) is 0 Å². The van der Waals surface area contributed by atoms with Gasteiger partial charge < -0.3 is 41.0 Å². The molecule has 0 aliphatic rings. The number of phenolic OH excluding ortho intramolecular Hbond substituents is 2. The number of fused-ring (bicyclic) bond motifs is 2. The summed E-state index contributed by atoms with van der Waals surface area (Å²) in [5.41, 5.74) is 4.20. The average molecular weight is 1010 g/mol. The third-order valence-electron chi connectivity index (χ3n) is 12.3. The molecule has 0 bridgehead atoms. The number of azo groups is 2. The lowest BCUT2D eigenvalue weighted by molar-refractivity contribution is 0.101. The standard InChI is InChI=1S/C60H50N8O8/c1-5-75-45-29-39(57(71)61-41-19-9-7-10-20-41)27-43(33-45)65-67-53-47-23-15-13-17-37(47)31-49(55(53)69)59(73)63-51-25-26-52(36(4)35(51)3)64-60(74)50-32-38-18-14-16-24-48(38)54(56(50)70)68-66-44-28-40(30-46(34-44)76-6-2)58(72)62-42-21-11-8-12-22-42/h7-34,69-70H,5-6H2,1-4H3,(H,61,71)(H,62,72)(H,63,73)(H,64,74). The summed E-state index contributed by atoms with van der Waals surface area (Å²) in [4.78, 5) is 54.9. The number of carbonyl (C=O) groups excluding carboxylic acids is 4. The van der Waals surface area contributed by atoms with Crippen LogP contribution in [0.25, 0.3) is 21.5 Å². The molecule has 16 nitrogen and oxygen atoms in total. The number of ether oxygens (including phenoxy) is 2. The highest BCUT2D eigenvalue weighted by atomic mass is 16.5. The predicted octanol–water partition coefficient (Wildman–Crippen LogP) is 14.7. The number of rotatable bonds is 16. The summed E-state index contributed by atoms with van der Waals surface area (Å²) >= 11 is 0. The first-order valence-corrected chi connectivity index (χ1v) is 24.2. The van der Waals surface area contributed by atoms with E-state index in [0.29, 0.717) is 80.1 Å². The Hall–Kier alpha value is -10.2. The van der Waals surface area contributed by atoms with Crippen LogP contribution in [-0.4, -0.2) is 47.1 Å². The van der Waals surface area contributed by atoms with Crippen molar-refractivity contribution in [3.8, 4) is 23.0 Å². The molecule has 9 aromatic rings. The lowest BCUT2D eigenvalue weighted by Crippen LogP contribution is -2.16. The topological polar surface area (TPSA) is 225 Å². The van der Waals surface area contributed by atoms with E-state index in [2.05, 4.69) is 41.7 Å². The van der Waals surface area contributed by atoms with Crippen molar-refractivity contribution in [2.24, 2.45) is 20.5 Å². The van der Waals surface area contributed by atoms with Crippen LogP contribution >= 0.6 is 0 Å². The zero-order chi connectivity index (χ0) is 53.3. The molecule has 0 atom stereocenters. The molecule has 0 saturated carbocycles. The first-order valence-electron chi connectivity index (χ1n) is 24.2. The number of amides is 4. The Kier molecular flexibility index (Phi) is 15.1. The fraction of sp³-hybridized carbons (Fsp3) is 0.100. The van der Waals surface area contributed by atoms with Gasteiger partial charge in [-0.15, -0.1) is 10.2 Å². The van der Waals surface area contributed by atoms with Gasteiger partial charge in [0.2, 0.25) is 0 Å². The van der Waals surface area contributed by atoms with Crippen LogP contribution in [0.4, 0.5) is 45.5 Å². The van der Waals surface area contributed by atoms with E-state index in [0.717, 1.165) is 0 Å². The highest BCUT2D eigenvalue weighted by Crippen LogP contribution is 2.42. The molecule has 9 rings (SSSR count). The van der Waals surface area contributed by atoms with Crippen LogP contribution in [0.1, 0.15) is 66.4 Å². The van der Waals surface area contributed by atoms with E-state index >= 15 is 0 Å². The normalized spacial score (nSPS) is 11.2. The monoisotopic (exact) mass is 1010 g/mol. The van der Waals surface area contributed by atoms with Gasteiger partial charge in [-0.1, -0.05) is 84.9 Å². The molecule has 378 valence electrons. The average Bonchev–Trinajstić information content (AvgIpc) is 3.43. The Morgan fingerprint density at radius 3 is 1.21 bits per heavy atom. The van der Waals surface area contributed by atoms with Crippen molar-refractivity contribution in [2.45, 2.75) is 27.7 Å². The van der Waals surface area contributed by atoms with Crippen LogP contribution < -0.4 is 30.7 Å². The quantitative estimate of drug-likeness (QED) is 0.0509. The number of aromatic hydroxyl groups is 2. The summed E-state index contributed by atoms with van der Waals surface area (Å²) in [5.74, 6) is -2.14. The maximum Gasteiger partial charge on any atom is 0.259 e. The fourth-order valence-electron chi connectivity index (χ4n) is 8.36. The smallest absolute Gasteiger partial charge is 0.259 e. The first-order chi connectivity index (χ1) is 36.9. The van der Waals surface area contributed by atoms with Crippen molar-refractivity contribution in [3.63, 3.8) is 0 Å². The molecule has 0 heterocycles. The third kappa shape index (κ3) is 11.4. The number of carbonyl (C=O) groups is 4. The molecule has 0 spiro atoms. The second kappa shape index (κ2) is 22.7. The van der Waals surface area contributed by atoms with E-state index in [-0.39, 0.29) is 56.8 Å². The zero-order valence-electron chi connectivity index (χ0n) is 41.7. The Labute approximate surface area is 436 Å². The number of nitrogens with one attached hydrogen (secondary N) is 4. The molecule has 0 saturated heterocycles. The van der Waals surface area contributed by atoms with E-state index in [1.54, 1.807) is 147 Å². The van der Waals surface area contributed by atoms with Crippen LogP contribution in [-0.2, 0) is 0 Å². The van der Waals surface area contributed by atoms with Crippen molar-refractivity contribution in [1.29, 1.82) is 0 Å². The number of benzene rings is 9. The maximum absolute atomic E-state index is 14.1. The lowest BCUT2D eigenvalue weighted by atomic mass is 10.0. The summed E-state index contributed by atoms with van der Waals surface area (Å²) < 4.78 is 11.5. The first kappa shape index (κ1) is 50.7. The van der Waals surface area contributed by atoms with Gasteiger partial charge in [0.25, 0.3) is 23.6 Å². The highest BCUT2D eigenvalue weighted by Gasteiger charge is 2.23.